The molecule has 2 rings (SSSR count). The normalized spacial score (nSPS) is 12.9. The number of hydrogen-bond donors (Lipinski definition) is 2. The highest BCUT2D eigenvalue weighted by Crippen LogP contribution is 2.21. The van der Waals surface area contributed by atoms with E-state index >= 15 is 0 Å². The van der Waals surface area contributed by atoms with Gasteiger partial charge in [-0.05, 0) is 31.5 Å². The Balaban J connectivity index is 2.16. The van der Waals surface area contributed by atoms with E-state index in [0.717, 1.165) is 6.42 Å². The molecule has 0 fully saturated rings. The smallest absolute Gasteiger partial charge is 0.278 e. The number of benzene rings is 1. The number of nitrogens with one attached hydrogen (secondary N) is 2. The standard InChI is InChI=1S/C13H17N3O3S/c1-3-10(2)19-12-6-4-5-11(9-12)16-20(17,18)13-7-8-14-15-13/h4-10,16H,3H2,1-2H3,(H,14,15). The molecule has 2 N–H and O–H groups in total. The topological polar surface area (TPSA) is 84.1 Å². The van der Waals surface area contributed by atoms with Crippen molar-refractivity contribution in [2.24, 2.45) is 0 Å². The summed E-state index contributed by atoms with van der Waals surface area (Å²) >= 11 is 0. The summed E-state index contributed by atoms with van der Waals surface area (Å²) in [6.07, 6.45) is 2.34. The van der Waals surface area contributed by atoms with Crippen molar-refractivity contribution in [3.8, 4) is 5.75 Å². The van der Waals surface area contributed by atoms with Crippen LogP contribution in [0.25, 0.3) is 0 Å². The number of sulfonamides is 1. The maximum absolute atomic E-state index is 12.0. The molecule has 1 aromatic carbocycles. The highest BCUT2D eigenvalue weighted by atomic mass is 32.2. The molecule has 20 heavy (non-hydrogen) atoms. The molecule has 0 radical (unpaired) electrons. The number of rotatable bonds is 6. The number of ether oxygens (including phenoxy) is 1. The third-order valence-electron chi connectivity index (χ3n) is 2.76. The second-order valence-electron chi connectivity index (χ2n) is 4.39. The molecule has 108 valence electrons. The Labute approximate surface area is 118 Å². The van der Waals surface area contributed by atoms with E-state index in [-0.39, 0.29) is 11.1 Å². The van der Waals surface area contributed by atoms with E-state index in [4.69, 9.17) is 4.74 Å². The molecule has 0 amide bonds. The summed E-state index contributed by atoms with van der Waals surface area (Å²) in [5.41, 5.74) is 0.445. The van der Waals surface area contributed by atoms with Crippen LogP contribution in [0, 0.1) is 0 Å². The summed E-state index contributed by atoms with van der Waals surface area (Å²) in [5.74, 6) is 0.629. The molecule has 0 saturated heterocycles. The van der Waals surface area contributed by atoms with E-state index in [2.05, 4.69) is 14.9 Å². The Hall–Kier alpha value is -2.02. The second-order valence-corrected chi connectivity index (χ2v) is 6.04. The Kier molecular flexibility index (Phi) is 4.29. The molecule has 0 aliphatic heterocycles. The lowest BCUT2D eigenvalue weighted by molar-refractivity contribution is 0.217. The molecule has 0 aliphatic rings. The first-order chi connectivity index (χ1) is 9.51. The van der Waals surface area contributed by atoms with E-state index in [0.29, 0.717) is 11.4 Å². The van der Waals surface area contributed by atoms with E-state index in [9.17, 15) is 8.42 Å². The third kappa shape index (κ3) is 3.51. The van der Waals surface area contributed by atoms with Crippen molar-refractivity contribution < 1.29 is 13.2 Å². The fourth-order valence-electron chi connectivity index (χ4n) is 1.55. The van der Waals surface area contributed by atoms with Gasteiger partial charge in [-0.15, -0.1) is 0 Å². The molecule has 1 aromatic heterocycles. The first-order valence-electron chi connectivity index (χ1n) is 6.30. The number of anilines is 1. The average Bonchev–Trinajstić information content (AvgIpc) is 2.93. The van der Waals surface area contributed by atoms with Gasteiger partial charge in [-0.1, -0.05) is 13.0 Å². The van der Waals surface area contributed by atoms with Crippen LogP contribution < -0.4 is 9.46 Å². The van der Waals surface area contributed by atoms with Crippen molar-refractivity contribution in [1.29, 1.82) is 0 Å². The fraction of sp³-hybridized carbons (Fsp3) is 0.308. The van der Waals surface area contributed by atoms with Crippen molar-refractivity contribution in [2.45, 2.75) is 31.4 Å². The van der Waals surface area contributed by atoms with Gasteiger partial charge in [0.05, 0.1) is 18.0 Å². The van der Waals surface area contributed by atoms with Crippen LogP contribution in [0.4, 0.5) is 5.69 Å². The minimum atomic E-state index is -3.64. The lowest BCUT2D eigenvalue weighted by atomic mass is 10.3. The molecule has 0 spiro atoms. The second kappa shape index (κ2) is 5.96. The summed E-state index contributed by atoms with van der Waals surface area (Å²) in [7, 11) is -3.64. The molecule has 0 saturated carbocycles. The van der Waals surface area contributed by atoms with Crippen LogP contribution >= 0.6 is 0 Å². The zero-order chi connectivity index (χ0) is 14.6. The van der Waals surface area contributed by atoms with E-state index in [1.807, 2.05) is 13.8 Å². The Morgan fingerprint density at radius 1 is 1.40 bits per heavy atom. The summed E-state index contributed by atoms with van der Waals surface area (Å²) < 4.78 is 32.2. The molecule has 0 bridgehead atoms. The number of aromatic nitrogens is 2. The van der Waals surface area contributed by atoms with Gasteiger partial charge in [-0.25, -0.2) is 0 Å². The molecular weight excluding hydrogens is 278 g/mol. The molecule has 1 heterocycles. The van der Waals surface area contributed by atoms with Gasteiger partial charge in [-0.2, -0.15) is 13.5 Å². The lowest BCUT2D eigenvalue weighted by Gasteiger charge is -2.13. The van der Waals surface area contributed by atoms with Crippen LogP contribution in [-0.2, 0) is 10.0 Å². The summed E-state index contributed by atoms with van der Waals surface area (Å²) in [6, 6.07) is 8.24. The quantitative estimate of drug-likeness (QED) is 0.857. The van der Waals surface area contributed by atoms with Crippen LogP contribution in [-0.4, -0.2) is 24.7 Å². The summed E-state index contributed by atoms with van der Waals surface area (Å²) in [4.78, 5) is 0. The van der Waals surface area contributed by atoms with E-state index in [1.54, 1.807) is 24.3 Å². The number of nitrogens with zero attached hydrogens (tertiary/aromatic N) is 1. The molecule has 6 nitrogen and oxygen atoms in total. The van der Waals surface area contributed by atoms with Gasteiger partial charge in [0, 0.05) is 6.07 Å². The maximum atomic E-state index is 12.0. The molecule has 7 heteroatoms. The molecule has 1 atom stereocenters. The van der Waals surface area contributed by atoms with E-state index < -0.39 is 10.0 Å². The van der Waals surface area contributed by atoms with Gasteiger partial charge in [0.25, 0.3) is 10.0 Å². The Morgan fingerprint density at radius 2 is 2.20 bits per heavy atom. The maximum Gasteiger partial charge on any atom is 0.278 e. The van der Waals surface area contributed by atoms with Gasteiger partial charge in [0.15, 0.2) is 5.03 Å². The van der Waals surface area contributed by atoms with Crippen LogP contribution in [0.15, 0.2) is 41.6 Å². The highest BCUT2D eigenvalue weighted by molar-refractivity contribution is 7.92. The Morgan fingerprint density at radius 3 is 2.85 bits per heavy atom. The van der Waals surface area contributed by atoms with Gasteiger partial charge in [0.2, 0.25) is 0 Å². The number of hydrogen-bond acceptors (Lipinski definition) is 4. The van der Waals surface area contributed by atoms with Crippen molar-refractivity contribution in [1.82, 2.24) is 10.2 Å². The van der Waals surface area contributed by atoms with Crippen LogP contribution in [0.1, 0.15) is 20.3 Å². The minimum Gasteiger partial charge on any atom is -0.491 e. The largest absolute Gasteiger partial charge is 0.491 e. The number of H-pyrrole nitrogens is 1. The molecule has 1 unspecified atom stereocenters. The fourth-order valence-corrected chi connectivity index (χ4v) is 2.51. The van der Waals surface area contributed by atoms with Gasteiger partial charge < -0.3 is 4.74 Å². The van der Waals surface area contributed by atoms with Gasteiger partial charge >= 0.3 is 0 Å². The Bertz CT molecular complexity index is 653. The SMILES string of the molecule is CCC(C)Oc1cccc(NS(=O)(=O)c2ccn[nH]2)c1. The van der Waals surface area contributed by atoms with E-state index in [1.165, 1.54) is 12.3 Å². The first-order valence-corrected chi connectivity index (χ1v) is 7.78. The average molecular weight is 295 g/mol. The molecule has 0 aliphatic carbocycles. The van der Waals surface area contributed by atoms with Crippen molar-refractivity contribution in [3.05, 3.63) is 36.5 Å². The summed E-state index contributed by atoms with van der Waals surface area (Å²) in [6.45, 7) is 3.98. The lowest BCUT2D eigenvalue weighted by Crippen LogP contribution is -2.14. The molecule has 2 aromatic rings. The van der Waals surface area contributed by atoms with Crippen molar-refractivity contribution in [2.75, 3.05) is 4.72 Å². The van der Waals surface area contributed by atoms with Crippen LogP contribution in [0.2, 0.25) is 0 Å². The highest BCUT2D eigenvalue weighted by Gasteiger charge is 2.15. The molecular formula is C13H17N3O3S. The number of aromatic amines is 1. The van der Waals surface area contributed by atoms with Gasteiger partial charge in [-0.3, -0.25) is 9.82 Å². The monoisotopic (exact) mass is 295 g/mol. The van der Waals surface area contributed by atoms with Crippen LogP contribution in [0.5, 0.6) is 5.75 Å². The third-order valence-corrected chi connectivity index (χ3v) is 4.07. The van der Waals surface area contributed by atoms with Crippen molar-refractivity contribution in [3.63, 3.8) is 0 Å². The van der Waals surface area contributed by atoms with Crippen molar-refractivity contribution >= 4 is 15.7 Å². The summed E-state index contributed by atoms with van der Waals surface area (Å²) in [5, 5.41) is 6.07. The zero-order valence-electron chi connectivity index (χ0n) is 11.3. The predicted octanol–water partition coefficient (Wildman–Crippen LogP) is 2.39. The predicted molar refractivity (Wildman–Crippen MR) is 76.2 cm³/mol. The zero-order valence-corrected chi connectivity index (χ0v) is 12.1. The van der Waals surface area contributed by atoms with Crippen LogP contribution in [0.3, 0.4) is 0 Å². The minimum absolute atomic E-state index is 0.0192. The van der Waals surface area contributed by atoms with Gasteiger partial charge in [0.1, 0.15) is 5.75 Å². The first kappa shape index (κ1) is 14.4.